The van der Waals surface area contributed by atoms with E-state index in [1.165, 1.54) is 12.1 Å². The first kappa shape index (κ1) is 19.4. The lowest BCUT2D eigenvalue weighted by molar-refractivity contribution is -0.385. The summed E-state index contributed by atoms with van der Waals surface area (Å²) in [5.74, 6) is 0.267. The van der Waals surface area contributed by atoms with E-state index in [2.05, 4.69) is 5.32 Å². The van der Waals surface area contributed by atoms with Crippen LogP contribution in [0.1, 0.15) is 21.5 Å². The zero-order valence-corrected chi connectivity index (χ0v) is 15.6. The smallest absolute Gasteiger partial charge is 0.283 e. The van der Waals surface area contributed by atoms with E-state index in [0.29, 0.717) is 6.61 Å². The molecule has 0 radical (unpaired) electrons. The molecule has 6 nitrogen and oxygen atoms in total. The molecule has 7 heteroatoms. The van der Waals surface area contributed by atoms with Crippen LogP contribution in [0.25, 0.3) is 0 Å². The van der Waals surface area contributed by atoms with Crippen LogP contribution in [0.3, 0.4) is 0 Å². The maximum absolute atomic E-state index is 12.3. The fourth-order valence-corrected chi connectivity index (χ4v) is 2.73. The Morgan fingerprint density at radius 1 is 1.00 bits per heavy atom. The number of benzene rings is 3. The molecule has 0 atom stereocenters. The van der Waals surface area contributed by atoms with Crippen LogP contribution in [0.2, 0.25) is 5.02 Å². The van der Waals surface area contributed by atoms with Gasteiger partial charge < -0.3 is 10.1 Å². The minimum absolute atomic E-state index is 0.0257. The number of rotatable bonds is 7. The van der Waals surface area contributed by atoms with Crippen molar-refractivity contribution in [1.29, 1.82) is 0 Å². The van der Waals surface area contributed by atoms with Crippen molar-refractivity contribution in [2.24, 2.45) is 0 Å². The molecule has 142 valence electrons. The Hall–Kier alpha value is -3.38. The number of nitrogens with one attached hydrogen (secondary N) is 1. The van der Waals surface area contributed by atoms with Gasteiger partial charge in [0.2, 0.25) is 0 Å². The number of carbonyl (C=O) groups excluding carboxylic acids is 1. The Bertz CT molecular complexity index is 975. The van der Waals surface area contributed by atoms with Crippen LogP contribution in [-0.4, -0.2) is 10.8 Å². The number of hydrogen-bond acceptors (Lipinski definition) is 4. The Morgan fingerprint density at radius 3 is 2.36 bits per heavy atom. The third-order valence-corrected chi connectivity index (χ3v) is 4.26. The van der Waals surface area contributed by atoms with Crippen LogP contribution in [0.5, 0.6) is 5.75 Å². The number of hydrogen-bond donors (Lipinski definition) is 1. The number of carbonyl (C=O) groups is 1. The number of nitro benzene ring substituents is 1. The van der Waals surface area contributed by atoms with Crippen molar-refractivity contribution in [2.45, 2.75) is 13.2 Å². The van der Waals surface area contributed by atoms with E-state index >= 15 is 0 Å². The van der Waals surface area contributed by atoms with Gasteiger partial charge in [0.05, 0.1) is 4.92 Å². The highest BCUT2D eigenvalue weighted by Crippen LogP contribution is 2.23. The highest BCUT2D eigenvalue weighted by molar-refractivity contribution is 6.31. The molecule has 3 aromatic carbocycles. The van der Waals surface area contributed by atoms with Crippen LogP contribution in [0, 0.1) is 10.1 Å². The number of ether oxygens (including phenoxy) is 1. The maximum Gasteiger partial charge on any atom is 0.283 e. The highest BCUT2D eigenvalue weighted by Gasteiger charge is 2.20. The van der Waals surface area contributed by atoms with Gasteiger partial charge in [0, 0.05) is 17.6 Å². The molecule has 0 bridgehead atoms. The van der Waals surface area contributed by atoms with Crippen molar-refractivity contribution in [3.05, 3.63) is 105 Å². The van der Waals surface area contributed by atoms with Gasteiger partial charge in [-0.05, 0) is 35.4 Å². The fraction of sp³-hybridized carbons (Fsp3) is 0.0952. The molecule has 3 aromatic rings. The summed E-state index contributed by atoms with van der Waals surface area (Å²) in [7, 11) is 0. The predicted molar refractivity (Wildman–Crippen MR) is 106 cm³/mol. The lowest BCUT2D eigenvalue weighted by atomic mass is 10.1. The van der Waals surface area contributed by atoms with E-state index in [1.54, 1.807) is 0 Å². The summed E-state index contributed by atoms with van der Waals surface area (Å²) in [6.45, 7) is 0.687. The molecule has 0 aliphatic rings. The summed E-state index contributed by atoms with van der Waals surface area (Å²) in [5, 5.41) is 14.0. The number of nitrogens with zero attached hydrogens (tertiary/aromatic N) is 1. The van der Waals surface area contributed by atoms with E-state index < -0.39 is 10.8 Å². The number of halogens is 1. The second kappa shape index (κ2) is 9.01. The summed E-state index contributed by atoms with van der Waals surface area (Å²) in [4.78, 5) is 22.8. The van der Waals surface area contributed by atoms with Crippen LogP contribution in [-0.2, 0) is 13.2 Å². The summed E-state index contributed by atoms with van der Waals surface area (Å²) >= 11 is 5.77. The fourth-order valence-electron chi connectivity index (χ4n) is 2.56. The third kappa shape index (κ3) is 5.08. The summed E-state index contributed by atoms with van der Waals surface area (Å²) in [5.41, 5.74) is 1.52. The number of para-hydroxylation sites is 1. The van der Waals surface area contributed by atoms with E-state index in [-0.39, 0.29) is 22.8 Å². The molecule has 0 spiro atoms. The minimum Gasteiger partial charge on any atom is -0.489 e. The largest absolute Gasteiger partial charge is 0.489 e. The van der Waals surface area contributed by atoms with Gasteiger partial charge in [-0.25, -0.2) is 0 Å². The van der Waals surface area contributed by atoms with Gasteiger partial charge in [-0.1, -0.05) is 54.1 Å². The number of amides is 1. The lowest BCUT2D eigenvalue weighted by Gasteiger charge is -2.08. The van der Waals surface area contributed by atoms with E-state index in [9.17, 15) is 14.9 Å². The van der Waals surface area contributed by atoms with Crippen LogP contribution >= 0.6 is 11.6 Å². The predicted octanol–water partition coefficient (Wildman–Crippen LogP) is 4.76. The topological polar surface area (TPSA) is 81.5 Å². The monoisotopic (exact) mass is 396 g/mol. The van der Waals surface area contributed by atoms with Gasteiger partial charge in [0.25, 0.3) is 11.6 Å². The van der Waals surface area contributed by atoms with Gasteiger partial charge in [0.1, 0.15) is 17.9 Å². The maximum atomic E-state index is 12.3. The summed E-state index contributed by atoms with van der Waals surface area (Å²) < 4.78 is 5.69. The molecule has 28 heavy (non-hydrogen) atoms. The Balaban J connectivity index is 1.58. The van der Waals surface area contributed by atoms with Gasteiger partial charge in [-0.3, -0.25) is 14.9 Å². The molecule has 0 aliphatic carbocycles. The molecule has 0 saturated carbocycles. The molecule has 0 fully saturated rings. The zero-order chi connectivity index (χ0) is 19.9. The average molecular weight is 397 g/mol. The summed E-state index contributed by atoms with van der Waals surface area (Å²) in [6.07, 6.45) is 0. The standard InChI is InChI=1S/C21H17ClN2O4/c22-17-10-11-19(20(12-17)24(26)27)21(25)23-13-15-6-8-16(9-7-15)14-28-18-4-2-1-3-5-18/h1-12H,13-14H2,(H,23,25). The molecule has 0 aromatic heterocycles. The first-order valence-electron chi connectivity index (χ1n) is 8.51. The molecule has 1 N–H and O–H groups in total. The second-order valence-corrected chi connectivity index (χ2v) is 6.46. The Morgan fingerprint density at radius 2 is 1.68 bits per heavy atom. The normalized spacial score (nSPS) is 10.3. The molecule has 3 rings (SSSR count). The third-order valence-electron chi connectivity index (χ3n) is 4.03. The van der Waals surface area contributed by atoms with Crippen molar-refractivity contribution < 1.29 is 14.5 Å². The Kier molecular flexibility index (Phi) is 6.24. The van der Waals surface area contributed by atoms with Crippen LogP contribution in [0.4, 0.5) is 5.69 Å². The number of nitro groups is 1. The zero-order valence-electron chi connectivity index (χ0n) is 14.8. The average Bonchev–Trinajstić information content (AvgIpc) is 2.72. The minimum atomic E-state index is -0.623. The molecule has 0 unspecified atom stereocenters. The summed E-state index contributed by atoms with van der Waals surface area (Å²) in [6, 6.07) is 21.1. The van der Waals surface area contributed by atoms with Crippen molar-refractivity contribution in [3.63, 3.8) is 0 Å². The van der Waals surface area contributed by atoms with E-state index in [1.807, 2.05) is 54.6 Å². The molecular weight excluding hydrogens is 380 g/mol. The van der Waals surface area contributed by atoms with E-state index in [0.717, 1.165) is 22.9 Å². The SMILES string of the molecule is O=C(NCc1ccc(COc2ccccc2)cc1)c1ccc(Cl)cc1[N+](=O)[O-]. The van der Waals surface area contributed by atoms with Gasteiger partial charge >= 0.3 is 0 Å². The quantitative estimate of drug-likeness (QED) is 0.461. The van der Waals surface area contributed by atoms with Gasteiger partial charge in [0.15, 0.2) is 0 Å². The first-order valence-corrected chi connectivity index (χ1v) is 8.88. The lowest BCUT2D eigenvalue weighted by Crippen LogP contribution is -2.23. The molecule has 0 aliphatic heterocycles. The van der Waals surface area contributed by atoms with Crippen LogP contribution in [0.15, 0.2) is 72.8 Å². The molecular formula is C21H17ClN2O4. The van der Waals surface area contributed by atoms with E-state index in [4.69, 9.17) is 16.3 Å². The van der Waals surface area contributed by atoms with Crippen molar-refractivity contribution in [2.75, 3.05) is 0 Å². The molecule has 0 saturated heterocycles. The first-order chi connectivity index (χ1) is 13.5. The molecule has 0 heterocycles. The van der Waals surface area contributed by atoms with Crippen molar-refractivity contribution in [3.8, 4) is 5.75 Å². The van der Waals surface area contributed by atoms with Gasteiger partial charge in [-0.2, -0.15) is 0 Å². The highest BCUT2D eigenvalue weighted by atomic mass is 35.5. The second-order valence-electron chi connectivity index (χ2n) is 6.02. The van der Waals surface area contributed by atoms with Crippen molar-refractivity contribution in [1.82, 2.24) is 5.32 Å². The van der Waals surface area contributed by atoms with Crippen molar-refractivity contribution >= 4 is 23.2 Å². The molecule has 1 amide bonds. The van der Waals surface area contributed by atoms with Gasteiger partial charge in [-0.15, -0.1) is 0 Å². The van der Waals surface area contributed by atoms with Crippen LogP contribution < -0.4 is 10.1 Å². The Labute approximate surface area is 166 Å².